The van der Waals surface area contributed by atoms with Gasteiger partial charge < -0.3 is 14.7 Å². The van der Waals surface area contributed by atoms with E-state index in [1.165, 1.54) is 0 Å². The van der Waals surface area contributed by atoms with Crippen molar-refractivity contribution in [2.24, 2.45) is 10.3 Å². The van der Waals surface area contributed by atoms with Crippen molar-refractivity contribution in [3.8, 4) is 0 Å². The molecule has 9 heteroatoms. The molecule has 8 nitrogen and oxygen atoms in total. The Balaban J connectivity index is 1.17. The molecule has 3 aliphatic rings. The van der Waals surface area contributed by atoms with Gasteiger partial charge in [-0.05, 0) is 37.1 Å². The van der Waals surface area contributed by atoms with Gasteiger partial charge >= 0.3 is 0 Å². The first-order valence-electron chi connectivity index (χ1n) is 11.3. The van der Waals surface area contributed by atoms with Gasteiger partial charge in [0.1, 0.15) is 4.90 Å². The highest BCUT2D eigenvalue weighted by molar-refractivity contribution is 7.90. The summed E-state index contributed by atoms with van der Waals surface area (Å²) in [7, 11) is -3.64. The van der Waals surface area contributed by atoms with Crippen LogP contribution in [0.1, 0.15) is 28.8 Å². The molecule has 172 valence electrons. The van der Waals surface area contributed by atoms with E-state index in [1.54, 1.807) is 23.1 Å². The van der Waals surface area contributed by atoms with Crippen molar-refractivity contribution in [1.82, 2.24) is 14.7 Å². The van der Waals surface area contributed by atoms with Crippen LogP contribution in [0.2, 0.25) is 0 Å². The minimum Gasteiger partial charge on any atom is -0.355 e. The van der Waals surface area contributed by atoms with E-state index in [-0.39, 0.29) is 22.6 Å². The van der Waals surface area contributed by atoms with Crippen LogP contribution in [0.3, 0.4) is 0 Å². The number of hydrogen-bond donors (Lipinski definition) is 0. The topological polar surface area (TPSA) is 90.4 Å². The number of carbonyl (C=O) groups is 2. The molecule has 2 aromatic carbocycles. The van der Waals surface area contributed by atoms with Crippen LogP contribution in [-0.4, -0.2) is 80.0 Å². The minimum atomic E-state index is -3.64. The van der Waals surface area contributed by atoms with Crippen molar-refractivity contribution >= 4 is 27.7 Å². The molecule has 2 amide bonds. The highest BCUT2D eigenvalue weighted by Gasteiger charge is 2.36. The molecule has 0 spiro atoms. The Morgan fingerprint density at radius 1 is 0.788 bits per heavy atom. The van der Waals surface area contributed by atoms with E-state index in [1.807, 2.05) is 46.2 Å². The molecule has 0 aromatic heterocycles. The fourth-order valence-corrected chi connectivity index (χ4v) is 6.03. The first-order chi connectivity index (χ1) is 15.9. The number of amidine groups is 1. The maximum atomic E-state index is 13.1. The number of piperidine rings is 1. The second kappa shape index (κ2) is 8.62. The molecule has 3 aliphatic heterocycles. The Morgan fingerprint density at radius 2 is 1.39 bits per heavy atom. The molecule has 2 saturated heterocycles. The number of fused-ring (bicyclic) bond motifs is 1. The number of sulfonamides is 1. The van der Waals surface area contributed by atoms with E-state index in [0.717, 1.165) is 0 Å². The molecule has 0 N–H and O–H groups in total. The van der Waals surface area contributed by atoms with Gasteiger partial charge in [0.2, 0.25) is 5.91 Å². The lowest BCUT2D eigenvalue weighted by Crippen LogP contribution is -2.53. The number of nitrogens with zero attached hydrogens (tertiary/aromatic N) is 4. The van der Waals surface area contributed by atoms with Crippen LogP contribution in [-0.2, 0) is 14.8 Å². The summed E-state index contributed by atoms with van der Waals surface area (Å²) in [6.07, 6.45) is 1.31. The van der Waals surface area contributed by atoms with Crippen molar-refractivity contribution in [3.63, 3.8) is 0 Å². The molecule has 33 heavy (non-hydrogen) atoms. The first-order valence-corrected chi connectivity index (χ1v) is 12.7. The van der Waals surface area contributed by atoms with Crippen LogP contribution in [0.15, 0.2) is 63.9 Å². The zero-order chi connectivity index (χ0) is 23.0. The van der Waals surface area contributed by atoms with Crippen LogP contribution in [0.4, 0.5) is 0 Å². The number of hydrogen-bond acceptors (Lipinski definition) is 5. The van der Waals surface area contributed by atoms with Gasteiger partial charge in [0.25, 0.3) is 15.9 Å². The lowest BCUT2D eigenvalue weighted by molar-refractivity contribution is -0.138. The van der Waals surface area contributed by atoms with E-state index in [2.05, 4.69) is 4.40 Å². The Labute approximate surface area is 193 Å². The predicted molar refractivity (Wildman–Crippen MR) is 123 cm³/mol. The fraction of sp³-hybridized carbons (Fsp3) is 0.375. The van der Waals surface area contributed by atoms with Gasteiger partial charge in [-0.3, -0.25) is 9.59 Å². The number of piperazine rings is 1. The summed E-state index contributed by atoms with van der Waals surface area (Å²) in [6, 6.07) is 16.1. The van der Waals surface area contributed by atoms with Crippen molar-refractivity contribution in [2.75, 3.05) is 39.3 Å². The molecule has 5 rings (SSSR count). The standard InChI is InChI=1S/C24H26N4O4S/c29-23(18-6-2-1-3-7-18)27-14-16-28(17-15-27)24(30)19-10-12-26(13-11-19)22-20-8-4-5-9-21(20)33(31,32)25-22/h1-9,19H,10-17H2. The van der Waals surface area contributed by atoms with E-state index in [0.29, 0.717) is 69.1 Å². The average molecular weight is 467 g/mol. The molecular formula is C24H26N4O4S. The molecule has 2 aromatic rings. The van der Waals surface area contributed by atoms with Crippen LogP contribution < -0.4 is 0 Å². The second-order valence-electron chi connectivity index (χ2n) is 8.63. The summed E-state index contributed by atoms with van der Waals surface area (Å²) in [6.45, 7) is 3.32. The predicted octanol–water partition coefficient (Wildman–Crippen LogP) is 1.83. The first kappa shape index (κ1) is 21.6. The van der Waals surface area contributed by atoms with E-state index in [4.69, 9.17) is 0 Å². The second-order valence-corrected chi connectivity index (χ2v) is 10.2. The summed E-state index contributed by atoms with van der Waals surface area (Å²) in [5.74, 6) is 0.530. The SMILES string of the molecule is O=C(c1ccccc1)N1CCN(C(=O)C2CCN(C3=NS(=O)(=O)c4ccccc43)CC2)CC1. The van der Waals surface area contributed by atoms with Crippen LogP contribution in [0, 0.1) is 5.92 Å². The molecule has 0 atom stereocenters. The van der Waals surface area contributed by atoms with Crippen molar-refractivity contribution in [1.29, 1.82) is 0 Å². The summed E-state index contributed by atoms with van der Waals surface area (Å²) in [5.41, 5.74) is 1.31. The molecule has 0 aliphatic carbocycles. The van der Waals surface area contributed by atoms with Gasteiger partial charge in [0.05, 0.1) is 0 Å². The third-order valence-corrected chi connectivity index (χ3v) is 7.98. The van der Waals surface area contributed by atoms with Crippen LogP contribution in [0.5, 0.6) is 0 Å². The Hall–Kier alpha value is -3.20. The van der Waals surface area contributed by atoms with E-state index < -0.39 is 10.0 Å². The molecule has 2 fully saturated rings. The van der Waals surface area contributed by atoms with Crippen LogP contribution >= 0.6 is 0 Å². The van der Waals surface area contributed by atoms with Crippen molar-refractivity contribution in [3.05, 3.63) is 65.7 Å². The minimum absolute atomic E-state index is 0.00331. The highest BCUT2D eigenvalue weighted by Crippen LogP contribution is 2.30. The Kier molecular flexibility index (Phi) is 5.65. The smallest absolute Gasteiger partial charge is 0.285 e. The van der Waals surface area contributed by atoms with E-state index in [9.17, 15) is 18.0 Å². The van der Waals surface area contributed by atoms with Gasteiger partial charge in [0, 0.05) is 56.3 Å². The van der Waals surface area contributed by atoms with Crippen molar-refractivity contribution in [2.45, 2.75) is 17.7 Å². The fourth-order valence-electron chi connectivity index (χ4n) is 4.81. The average Bonchev–Trinajstić information content (AvgIpc) is 3.15. The third-order valence-electron chi connectivity index (χ3n) is 6.66. The van der Waals surface area contributed by atoms with Gasteiger partial charge in [-0.15, -0.1) is 4.40 Å². The number of carbonyl (C=O) groups excluding carboxylic acids is 2. The quantitative estimate of drug-likeness (QED) is 0.674. The Bertz CT molecular complexity index is 1200. The number of likely N-dealkylation sites (tertiary alicyclic amines) is 1. The maximum absolute atomic E-state index is 13.1. The van der Waals surface area contributed by atoms with Gasteiger partial charge in [-0.25, -0.2) is 0 Å². The third kappa shape index (κ3) is 4.13. The van der Waals surface area contributed by atoms with Gasteiger partial charge in [-0.2, -0.15) is 8.42 Å². The summed E-state index contributed by atoms with van der Waals surface area (Å²) in [5, 5.41) is 0. The zero-order valence-corrected chi connectivity index (χ0v) is 19.1. The summed E-state index contributed by atoms with van der Waals surface area (Å²) in [4.78, 5) is 31.6. The van der Waals surface area contributed by atoms with Crippen LogP contribution in [0.25, 0.3) is 0 Å². The summed E-state index contributed by atoms with van der Waals surface area (Å²) < 4.78 is 28.7. The molecule has 0 radical (unpaired) electrons. The number of rotatable bonds is 2. The number of benzene rings is 2. The number of amides is 2. The van der Waals surface area contributed by atoms with Gasteiger partial charge in [0.15, 0.2) is 5.84 Å². The lowest BCUT2D eigenvalue weighted by atomic mass is 9.94. The molecular weight excluding hydrogens is 440 g/mol. The normalized spacial score (nSPS) is 20.4. The maximum Gasteiger partial charge on any atom is 0.285 e. The van der Waals surface area contributed by atoms with Crippen molar-refractivity contribution < 1.29 is 18.0 Å². The monoisotopic (exact) mass is 466 g/mol. The zero-order valence-electron chi connectivity index (χ0n) is 18.3. The Morgan fingerprint density at radius 3 is 2.09 bits per heavy atom. The lowest BCUT2D eigenvalue weighted by Gasteiger charge is -2.39. The largest absolute Gasteiger partial charge is 0.355 e. The van der Waals surface area contributed by atoms with E-state index >= 15 is 0 Å². The molecule has 0 bridgehead atoms. The summed E-state index contributed by atoms with van der Waals surface area (Å²) >= 11 is 0. The molecule has 3 heterocycles. The molecule has 0 unspecified atom stereocenters. The van der Waals surface area contributed by atoms with Gasteiger partial charge in [-0.1, -0.05) is 30.3 Å². The highest BCUT2D eigenvalue weighted by atomic mass is 32.2. The molecule has 0 saturated carbocycles.